The van der Waals surface area contributed by atoms with Crippen LogP contribution in [0, 0.1) is 0 Å². The van der Waals surface area contributed by atoms with Crippen molar-refractivity contribution in [3.05, 3.63) is 410 Å². The quantitative estimate of drug-likeness (QED) is 0.142. The van der Waals surface area contributed by atoms with Crippen LogP contribution in [0.4, 0.5) is 0 Å². The van der Waals surface area contributed by atoms with Gasteiger partial charge in [-0.15, -0.1) is 54.4 Å². The number of benzene rings is 16. The predicted molar refractivity (Wildman–Crippen MR) is 532 cm³/mol. The fourth-order valence-corrected chi connectivity index (χ4v) is 25.3. The Morgan fingerprint density at radius 1 is 0.216 bits per heavy atom. The van der Waals surface area contributed by atoms with Gasteiger partial charge in [-0.1, -0.05) is 188 Å². The molecule has 28 rings (SSSR count). The Balaban J connectivity index is 0.0000000914. The average Bonchev–Trinajstić information content (AvgIpc) is 1.57. The van der Waals surface area contributed by atoms with Gasteiger partial charge in [-0.2, -0.15) is 0 Å². The first-order chi connectivity index (χ1) is 62.1. The van der Waals surface area contributed by atoms with Crippen LogP contribution in [-0.2, 0) is 0 Å². The maximum Gasteiger partial charge on any atom is 0.0555 e. The molecule has 0 amide bonds. The minimum atomic E-state index is 0.327. The second-order valence-corrected chi connectivity index (χ2v) is 37.1. The van der Waals surface area contributed by atoms with Crippen LogP contribution in [0.2, 0.25) is 0 Å². The molecule has 0 radical (unpaired) electrons. The summed E-state index contributed by atoms with van der Waals surface area (Å²) in [5.74, 6) is 2.43. The molecule has 0 saturated carbocycles. The van der Waals surface area contributed by atoms with Crippen molar-refractivity contribution in [2.75, 3.05) is 0 Å². The zero-order chi connectivity index (χ0) is 82.2. The molecular formula is C110H68N10S4Se. The zero-order valence-corrected chi connectivity index (χ0v) is 71.8. The van der Waals surface area contributed by atoms with Crippen molar-refractivity contribution in [1.29, 1.82) is 0 Å². The number of thiophene rings is 4. The molecule has 0 aliphatic carbocycles. The Morgan fingerprint density at radius 2 is 0.584 bits per heavy atom. The monoisotopic (exact) mass is 1740 g/mol. The van der Waals surface area contributed by atoms with E-state index >= 15 is 0 Å². The molecule has 0 fully saturated rings. The molecule has 588 valence electrons. The van der Waals surface area contributed by atoms with E-state index in [1.807, 2.05) is 71.2 Å². The molecule has 125 heavy (non-hydrogen) atoms. The van der Waals surface area contributed by atoms with Crippen LogP contribution in [-0.4, -0.2) is 62.3 Å². The SMILES string of the molecule is c1ccc(-c2ccc(-n3c4ccccc4c4c5sccc5ccc43)nn2)cc1.c1ccc(-c2nnc(-n3c4ccccc4c4c5sccc5ccc43)n2-c2ccccc2)cc1.c1ccc2c(c1)[se]c1c(-n3c4ccccc4c4c5sccc5ccc43)cccc12.c1ccc2c(c1)c1ccccc1n2-c1ccc(-n2c3ccccc3c3c4sccc4ccc32)cc1. The van der Waals surface area contributed by atoms with E-state index in [0.29, 0.717) is 14.5 Å². The molecule has 0 spiro atoms. The minimum absolute atomic E-state index is 0.327. The van der Waals surface area contributed by atoms with Gasteiger partial charge in [0.2, 0.25) is 5.95 Å². The second kappa shape index (κ2) is 30.0. The van der Waals surface area contributed by atoms with Crippen LogP contribution < -0.4 is 0 Å². The van der Waals surface area contributed by atoms with Crippen LogP contribution >= 0.6 is 45.3 Å². The fourth-order valence-electron chi connectivity index (χ4n) is 19.0. The Hall–Kier alpha value is -14.9. The van der Waals surface area contributed by atoms with Gasteiger partial charge in [0, 0.05) is 79.7 Å². The Kier molecular flexibility index (Phi) is 17.5. The number of nitrogens with zero attached hydrogens (tertiary/aromatic N) is 10. The van der Waals surface area contributed by atoms with Crippen LogP contribution in [0.15, 0.2) is 410 Å². The summed E-state index contributed by atoms with van der Waals surface area (Å²) >= 11 is 7.58. The number of hydrogen-bond donors (Lipinski definition) is 0. The van der Waals surface area contributed by atoms with Gasteiger partial charge in [0.15, 0.2) is 11.6 Å². The van der Waals surface area contributed by atoms with Crippen molar-refractivity contribution in [2.24, 2.45) is 0 Å². The largest absolute Gasteiger partial charge is 0.309 e. The van der Waals surface area contributed by atoms with Crippen molar-refractivity contribution in [2.45, 2.75) is 0 Å². The first-order valence-corrected chi connectivity index (χ1v) is 46.8. The van der Waals surface area contributed by atoms with Crippen LogP contribution in [0.3, 0.4) is 0 Å². The smallest absolute Gasteiger partial charge is 0.0555 e. The summed E-state index contributed by atoms with van der Waals surface area (Å²) < 4.78 is 22.2. The standard InChI is InChI=1S/C32H20N2S.C28H18N4S.C26H15NSSe.C24H15N3S/c1-4-10-27-24(7-1)25-8-2-5-11-28(25)33(27)22-14-16-23(17-15-22)34-29-12-6-3-9-26(29)31-30(34)18-13-21-19-20-35-32(21)31;1-3-9-20(10-4-1)27-29-30-28(31(27)21-11-5-2-6-12-21)32-23-14-8-7-13-22(23)25-24(32)16-15-19-17-18-33-26(19)25;1-3-9-20-19(7-1)24-21(13-12-16-14-15-28-25(16)24)27(20)22-10-5-8-18-17-6-2-4-11-23(17)29-26(18)22;1-2-6-16(7-3-1)19-11-13-22(26-25-19)27-20-9-5-4-8-18(20)23-21(27)12-10-17-14-15-28-24(17)23/h1-20H;1-18H;1-15H;1-15H. The summed E-state index contributed by atoms with van der Waals surface area (Å²) in [4.78, 5) is 0. The maximum atomic E-state index is 4.76. The summed E-state index contributed by atoms with van der Waals surface area (Å²) in [7, 11) is 0. The molecular weight excluding hydrogens is 1670 g/mol. The maximum absolute atomic E-state index is 4.76. The van der Waals surface area contributed by atoms with Crippen molar-refractivity contribution < 1.29 is 0 Å². The van der Waals surface area contributed by atoms with Crippen LogP contribution in [0.25, 0.3) is 226 Å². The molecule has 0 aliphatic heterocycles. The number of aromatic nitrogens is 10. The molecule has 0 atom stereocenters. The Morgan fingerprint density at radius 3 is 1.07 bits per heavy atom. The third-order valence-corrected chi connectivity index (χ3v) is 30.8. The fraction of sp³-hybridized carbons (Fsp3) is 0. The second-order valence-electron chi connectivity index (χ2n) is 31.2. The van der Waals surface area contributed by atoms with E-state index in [2.05, 4.69) is 404 Å². The summed E-state index contributed by atoms with van der Waals surface area (Å²) in [6.45, 7) is 0. The summed E-state index contributed by atoms with van der Waals surface area (Å²) in [6, 6.07) is 138. The zero-order valence-electron chi connectivity index (χ0n) is 66.8. The number of fused-ring (bicyclic) bond motifs is 26. The number of para-hydroxylation sites is 7. The summed E-state index contributed by atoms with van der Waals surface area (Å²) in [6.07, 6.45) is 0. The Labute approximate surface area is 737 Å². The third kappa shape index (κ3) is 11.8. The molecule has 28 aromatic rings. The van der Waals surface area contributed by atoms with Gasteiger partial charge in [0.05, 0.1) is 55.5 Å². The van der Waals surface area contributed by atoms with Gasteiger partial charge in [0.25, 0.3) is 0 Å². The van der Waals surface area contributed by atoms with E-state index in [4.69, 9.17) is 5.10 Å². The van der Waals surface area contributed by atoms with Gasteiger partial charge in [-0.05, 0) is 148 Å². The van der Waals surface area contributed by atoms with Crippen molar-refractivity contribution in [1.82, 2.24) is 47.8 Å². The van der Waals surface area contributed by atoms with Crippen LogP contribution in [0.5, 0.6) is 0 Å². The molecule has 0 aliphatic rings. The number of hydrogen-bond acceptors (Lipinski definition) is 8. The van der Waals surface area contributed by atoms with E-state index in [1.54, 1.807) is 22.7 Å². The third-order valence-electron chi connectivity index (χ3n) is 24.4. The minimum Gasteiger partial charge on any atom is -0.309 e. The Bertz CT molecular complexity index is 9010. The van der Waals surface area contributed by atoms with Gasteiger partial charge >= 0.3 is 178 Å². The van der Waals surface area contributed by atoms with Gasteiger partial charge in [-0.3, -0.25) is 13.7 Å². The van der Waals surface area contributed by atoms with E-state index < -0.39 is 0 Å². The topological polar surface area (TPSA) is 81.1 Å². The molecule has 0 bridgehead atoms. The van der Waals surface area contributed by atoms with Gasteiger partial charge in [0.1, 0.15) is 0 Å². The normalized spacial score (nSPS) is 11.8. The molecule has 12 aromatic heterocycles. The first-order valence-electron chi connectivity index (χ1n) is 41.6. The summed E-state index contributed by atoms with van der Waals surface area (Å²) in [5, 5.41) is 48.2. The van der Waals surface area contributed by atoms with Gasteiger partial charge in [-0.25, -0.2) is 0 Å². The van der Waals surface area contributed by atoms with Gasteiger partial charge < -0.3 is 9.13 Å². The van der Waals surface area contributed by atoms with Crippen molar-refractivity contribution >= 4 is 229 Å². The molecule has 16 aromatic carbocycles. The van der Waals surface area contributed by atoms with Crippen molar-refractivity contribution in [3.8, 4) is 57.2 Å². The van der Waals surface area contributed by atoms with E-state index in [1.165, 1.54) is 164 Å². The first kappa shape index (κ1) is 72.9. The van der Waals surface area contributed by atoms with E-state index in [-0.39, 0.29) is 0 Å². The predicted octanol–water partition coefficient (Wildman–Crippen LogP) is 30.2. The van der Waals surface area contributed by atoms with Crippen molar-refractivity contribution in [3.63, 3.8) is 0 Å². The summed E-state index contributed by atoms with van der Waals surface area (Å²) in [5.41, 5.74) is 19.8. The molecule has 10 nitrogen and oxygen atoms in total. The molecule has 0 unspecified atom stereocenters. The molecule has 0 saturated heterocycles. The average molecular weight is 1740 g/mol. The number of rotatable bonds is 8. The molecule has 15 heteroatoms. The molecule has 0 N–H and O–H groups in total. The van der Waals surface area contributed by atoms with E-state index in [9.17, 15) is 0 Å². The molecule has 12 heterocycles. The van der Waals surface area contributed by atoms with Crippen LogP contribution in [0.1, 0.15) is 0 Å². The van der Waals surface area contributed by atoms with E-state index in [0.717, 1.165) is 62.2 Å².